The van der Waals surface area contributed by atoms with E-state index in [-0.39, 0.29) is 18.0 Å². The number of ether oxygens (including phenoxy) is 2. The van der Waals surface area contributed by atoms with E-state index in [1.807, 2.05) is 0 Å². The molecular weight excluding hydrogens is 499 g/mol. The molecule has 0 bridgehead atoms. The van der Waals surface area contributed by atoms with Crippen molar-refractivity contribution >= 4 is 39.1 Å². The summed E-state index contributed by atoms with van der Waals surface area (Å²) in [6.45, 7) is -0.445. The average Bonchev–Trinajstić information content (AvgIpc) is 2.84. The van der Waals surface area contributed by atoms with Gasteiger partial charge in [-0.25, -0.2) is 8.42 Å². The molecule has 3 rings (SSSR count). The summed E-state index contributed by atoms with van der Waals surface area (Å²) in [5, 5.41) is 3.48. The molecule has 1 N–H and O–H groups in total. The van der Waals surface area contributed by atoms with Gasteiger partial charge in [0.25, 0.3) is 0 Å². The number of benzene rings is 3. The van der Waals surface area contributed by atoms with E-state index in [9.17, 15) is 13.2 Å². The molecule has 34 heavy (non-hydrogen) atoms. The summed E-state index contributed by atoms with van der Waals surface area (Å²) in [5.41, 5.74) is 1.16. The highest BCUT2D eigenvalue weighted by Crippen LogP contribution is 2.28. The Morgan fingerprint density at radius 1 is 0.941 bits per heavy atom. The van der Waals surface area contributed by atoms with Gasteiger partial charge in [0.2, 0.25) is 15.9 Å². The van der Waals surface area contributed by atoms with Gasteiger partial charge in [0.15, 0.2) is 0 Å². The number of nitrogens with zero attached hydrogens (tertiary/aromatic N) is 1. The van der Waals surface area contributed by atoms with E-state index in [1.54, 1.807) is 48.5 Å². The fraction of sp³-hybridized carbons (Fsp3) is 0.208. The van der Waals surface area contributed by atoms with Crippen LogP contribution in [0.4, 0.5) is 0 Å². The number of nitrogens with one attached hydrogen (secondary N) is 1. The Bertz CT molecular complexity index is 1230. The minimum absolute atomic E-state index is 0.0688. The lowest BCUT2D eigenvalue weighted by molar-refractivity contribution is -0.121. The van der Waals surface area contributed by atoms with Crippen LogP contribution in [0.15, 0.2) is 71.6 Å². The summed E-state index contributed by atoms with van der Waals surface area (Å²) >= 11 is 12.3. The second-order valence-corrected chi connectivity index (χ2v) is 10.0. The molecule has 10 heteroatoms. The van der Waals surface area contributed by atoms with Crippen molar-refractivity contribution in [2.45, 2.75) is 18.0 Å². The van der Waals surface area contributed by atoms with Crippen LogP contribution in [0.5, 0.6) is 11.5 Å². The van der Waals surface area contributed by atoms with Crippen LogP contribution in [-0.4, -0.2) is 39.4 Å². The SMILES string of the molecule is COc1cccc(OC)c1CNC(=O)CN(Cc1ccc(Cl)cc1Cl)S(=O)(=O)c1ccccc1. The Labute approximate surface area is 209 Å². The van der Waals surface area contributed by atoms with E-state index in [0.29, 0.717) is 32.7 Å². The van der Waals surface area contributed by atoms with Gasteiger partial charge in [-0.2, -0.15) is 4.31 Å². The molecule has 0 aliphatic heterocycles. The molecule has 0 atom stereocenters. The molecule has 0 aliphatic carbocycles. The first-order chi connectivity index (χ1) is 16.3. The number of hydrogen-bond acceptors (Lipinski definition) is 5. The third-order valence-corrected chi connectivity index (χ3v) is 7.45. The monoisotopic (exact) mass is 522 g/mol. The summed E-state index contributed by atoms with van der Waals surface area (Å²) in [6.07, 6.45) is 0. The fourth-order valence-electron chi connectivity index (χ4n) is 3.31. The fourth-order valence-corrected chi connectivity index (χ4v) is 5.18. The minimum atomic E-state index is -4.00. The molecule has 0 aromatic heterocycles. The maximum atomic E-state index is 13.4. The molecule has 0 unspecified atom stereocenters. The Hall–Kier alpha value is -2.78. The van der Waals surface area contributed by atoms with Crippen molar-refractivity contribution in [2.75, 3.05) is 20.8 Å². The standard InChI is InChI=1S/C24H24Cl2N2O5S/c1-32-22-9-6-10-23(33-2)20(22)14-27-24(29)16-28(15-17-11-12-18(25)13-21(17)26)34(30,31)19-7-4-3-5-8-19/h3-13H,14-16H2,1-2H3,(H,27,29). The molecule has 0 radical (unpaired) electrons. The zero-order valence-corrected chi connectivity index (χ0v) is 21.0. The number of methoxy groups -OCH3 is 2. The Kier molecular flexibility index (Phi) is 8.79. The van der Waals surface area contributed by atoms with Gasteiger partial charge in [-0.15, -0.1) is 0 Å². The van der Waals surface area contributed by atoms with E-state index in [1.165, 1.54) is 32.4 Å². The first-order valence-electron chi connectivity index (χ1n) is 10.2. The smallest absolute Gasteiger partial charge is 0.243 e. The van der Waals surface area contributed by atoms with E-state index in [2.05, 4.69) is 5.32 Å². The van der Waals surface area contributed by atoms with E-state index < -0.39 is 22.5 Å². The first-order valence-corrected chi connectivity index (χ1v) is 12.4. The van der Waals surface area contributed by atoms with Crippen LogP contribution in [0.2, 0.25) is 10.0 Å². The summed E-state index contributed by atoms with van der Waals surface area (Å²) in [5.74, 6) is 0.584. The summed E-state index contributed by atoms with van der Waals surface area (Å²) in [7, 11) is -0.962. The molecule has 3 aromatic carbocycles. The number of amides is 1. The van der Waals surface area contributed by atoms with Crippen molar-refractivity contribution in [3.63, 3.8) is 0 Å². The number of halogens is 2. The Morgan fingerprint density at radius 3 is 2.18 bits per heavy atom. The Morgan fingerprint density at radius 2 is 1.59 bits per heavy atom. The van der Waals surface area contributed by atoms with Gasteiger partial charge in [-0.3, -0.25) is 4.79 Å². The van der Waals surface area contributed by atoms with Crippen LogP contribution in [0.25, 0.3) is 0 Å². The van der Waals surface area contributed by atoms with Crippen LogP contribution >= 0.6 is 23.2 Å². The number of hydrogen-bond donors (Lipinski definition) is 1. The molecule has 1 amide bonds. The van der Waals surface area contributed by atoms with E-state index in [0.717, 1.165) is 4.31 Å². The van der Waals surface area contributed by atoms with Crippen molar-refractivity contribution in [1.82, 2.24) is 9.62 Å². The summed E-state index contributed by atoms with van der Waals surface area (Å²) in [4.78, 5) is 12.9. The van der Waals surface area contributed by atoms with Gasteiger partial charge in [0, 0.05) is 16.6 Å². The molecule has 0 heterocycles. The normalized spacial score (nSPS) is 11.3. The minimum Gasteiger partial charge on any atom is -0.496 e. The van der Waals surface area contributed by atoms with Crippen molar-refractivity contribution in [1.29, 1.82) is 0 Å². The predicted molar refractivity (Wildman–Crippen MR) is 132 cm³/mol. The van der Waals surface area contributed by atoms with Crippen LogP contribution in [0.3, 0.4) is 0 Å². The second kappa shape index (κ2) is 11.6. The first kappa shape index (κ1) is 25.8. The van der Waals surface area contributed by atoms with E-state index in [4.69, 9.17) is 32.7 Å². The number of rotatable bonds is 10. The maximum Gasteiger partial charge on any atom is 0.243 e. The topological polar surface area (TPSA) is 84.9 Å². The zero-order valence-electron chi connectivity index (χ0n) is 18.6. The van der Waals surface area contributed by atoms with Gasteiger partial charge >= 0.3 is 0 Å². The highest BCUT2D eigenvalue weighted by atomic mass is 35.5. The molecule has 0 saturated heterocycles. The van der Waals surface area contributed by atoms with Gasteiger partial charge < -0.3 is 14.8 Å². The predicted octanol–water partition coefficient (Wildman–Crippen LogP) is 4.52. The number of carbonyl (C=O) groups excluding carboxylic acids is 1. The van der Waals surface area contributed by atoms with E-state index >= 15 is 0 Å². The van der Waals surface area contributed by atoms with Crippen LogP contribution in [-0.2, 0) is 27.9 Å². The summed E-state index contributed by atoms with van der Waals surface area (Å²) in [6, 6.07) is 18.0. The largest absolute Gasteiger partial charge is 0.496 e. The molecule has 7 nitrogen and oxygen atoms in total. The maximum absolute atomic E-state index is 13.4. The lowest BCUT2D eigenvalue weighted by atomic mass is 10.1. The summed E-state index contributed by atoms with van der Waals surface area (Å²) < 4.78 is 38.5. The van der Waals surface area contributed by atoms with Crippen molar-refractivity contribution in [3.05, 3.63) is 87.9 Å². The van der Waals surface area contributed by atoms with Gasteiger partial charge in [0.1, 0.15) is 11.5 Å². The number of sulfonamides is 1. The molecule has 0 aliphatic rings. The molecule has 0 fully saturated rings. The third kappa shape index (κ3) is 6.21. The van der Waals surface area contributed by atoms with Crippen molar-refractivity contribution in [3.8, 4) is 11.5 Å². The molecular formula is C24H24Cl2N2O5S. The average molecular weight is 523 g/mol. The molecule has 0 saturated carbocycles. The molecule has 3 aromatic rings. The lowest BCUT2D eigenvalue weighted by Crippen LogP contribution is -2.40. The van der Waals surface area contributed by atoms with Gasteiger partial charge in [-0.05, 0) is 42.0 Å². The quantitative estimate of drug-likeness (QED) is 0.423. The van der Waals surface area contributed by atoms with Crippen LogP contribution < -0.4 is 14.8 Å². The number of carbonyl (C=O) groups is 1. The van der Waals surface area contributed by atoms with Gasteiger partial charge in [0.05, 0.1) is 37.8 Å². The molecule has 0 spiro atoms. The lowest BCUT2D eigenvalue weighted by Gasteiger charge is -2.23. The Balaban J connectivity index is 1.85. The highest BCUT2D eigenvalue weighted by molar-refractivity contribution is 7.89. The highest BCUT2D eigenvalue weighted by Gasteiger charge is 2.27. The third-order valence-electron chi connectivity index (χ3n) is 5.05. The van der Waals surface area contributed by atoms with Crippen molar-refractivity contribution < 1.29 is 22.7 Å². The van der Waals surface area contributed by atoms with Gasteiger partial charge in [-0.1, -0.05) is 53.5 Å². The molecule has 180 valence electrons. The zero-order chi connectivity index (χ0) is 24.7. The van der Waals surface area contributed by atoms with Crippen LogP contribution in [0.1, 0.15) is 11.1 Å². The second-order valence-electron chi connectivity index (χ2n) is 7.24. The van der Waals surface area contributed by atoms with Crippen LogP contribution in [0, 0.1) is 0 Å². The van der Waals surface area contributed by atoms with Crippen molar-refractivity contribution in [2.24, 2.45) is 0 Å².